The van der Waals surface area contributed by atoms with Gasteiger partial charge in [-0.2, -0.15) is 0 Å². The van der Waals surface area contributed by atoms with Crippen molar-refractivity contribution in [2.24, 2.45) is 5.92 Å². The number of thiophene rings is 1. The van der Waals surface area contributed by atoms with Crippen LogP contribution in [0.3, 0.4) is 0 Å². The molecule has 1 unspecified atom stereocenters. The van der Waals surface area contributed by atoms with Crippen LogP contribution in [-0.2, 0) is 0 Å². The zero-order chi connectivity index (χ0) is 26.6. The largest absolute Gasteiger partial charge is 0.573 e. The second-order valence-electron chi connectivity index (χ2n) is 8.94. The molecule has 2 aromatic heterocycles. The van der Waals surface area contributed by atoms with E-state index in [4.69, 9.17) is 0 Å². The van der Waals surface area contributed by atoms with Gasteiger partial charge in [0, 0.05) is 16.1 Å². The number of nitrogens with zero attached hydrogens (tertiary/aromatic N) is 3. The van der Waals surface area contributed by atoms with Crippen LogP contribution in [0.25, 0.3) is 17.1 Å². The summed E-state index contributed by atoms with van der Waals surface area (Å²) in [5.41, 5.74) is 2.66. The molecule has 11 heteroatoms. The SMILES string of the molecule is CC(C)CC(C)c1sccc1NC(=O)Nc1ccc(-c2ncn(-c3ccc(OC(F)(F)F)cc3)n2)cc1. The van der Waals surface area contributed by atoms with E-state index >= 15 is 0 Å². The third-order valence-corrected chi connectivity index (χ3v) is 6.59. The summed E-state index contributed by atoms with van der Waals surface area (Å²) in [6.07, 6.45) is -2.24. The summed E-state index contributed by atoms with van der Waals surface area (Å²) in [6.45, 7) is 6.53. The molecule has 0 saturated carbocycles. The molecule has 0 aliphatic heterocycles. The smallest absolute Gasteiger partial charge is 0.406 e. The fourth-order valence-corrected chi connectivity index (χ4v) is 4.85. The Morgan fingerprint density at radius 3 is 2.38 bits per heavy atom. The van der Waals surface area contributed by atoms with Gasteiger partial charge < -0.3 is 15.4 Å². The molecule has 4 aromatic rings. The highest BCUT2D eigenvalue weighted by atomic mass is 32.1. The number of anilines is 2. The number of halogens is 3. The van der Waals surface area contributed by atoms with Crippen molar-refractivity contribution in [1.82, 2.24) is 14.8 Å². The van der Waals surface area contributed by atoms with Crippen molar-refractivity contribution < 1.29 is 22.7 Å². The van der Waals surface area contributed by atoms with Crippen LogP contribution < -0.4 is 15.4 Å². The molecule has 2 N–H and O–H groups in total. The molecule has 0 radical (unpaired) electrons. The third kappa shape index (κ3) is 7.10. The monoisotopic (exact) mass is 529 g/mol. The van der Waals surface area contributed by atoms with Crippen LogP contribution in [0.2, 0.25) is 0 Å². The van der Waals surface area contributed by atoms with Crippen LogP contribution >= 0.6 is 11.3 Å². The molecule has 0 saturated heterocycles. The molecule has 0 fully saturated rings. The molecule has 0 bridgehead atoms. The van der Waals surface area contributed by atoms with E-state index in [-0.39, 0.29) is 11.8 Å². The van der Waals surface area contributed by atoms with Crippen molar-refractivity contribution in [3.8, 4) is 22.8 Å². The third-order valence-electron chi connectivity index (χ3n) is 5.44. The van der Waals surface area contributed by atoms with Gasteiger partial charge in [-0.25, -0.2) is 14.5 Å². The Morgan fingerprint density at radius 2 is 1.73 bits per heavy atom. The van der Waals surface area contributed by atoms with E-state index in [1.165, 1.54) is 35.3 Å². The minimum absolute atomic E-state index is 0.316. The first-order valence-corrected chi connectivity index (χ1v) is 12.5. The molecule has 37 heavy (non-hydrogen) atoms. The fraction of sp³-hybridized carbons (Fsp3) is 0.269. The van der Waals surface area contributed by atoms with Gasteiger partial charge in [-0.15, -0.1) is 29.6 Å². The van der Waals surface area contributed by atoms with Gasteiger partial charge in [-0.1, -0.05) is 20.8 Å². The minimum atomic E-state index is -4.75. The molecule has 7 nitrogen and oxygen atoms in total. The number of alkyl halides is 3. The Hall–Kier alpha value is -3.86. The van der Waals surface area contributed by atoms with E-state index in [0.717, 1.165) is 17.0 Å². The number of benzene rings is 2. The number of hydrogen-bond acceptors (Lipinski definition) is 5. The number of carbonyl (C=O) groups excluding carboxylic acids is 1. The molecule has 0 aliphatic carbocycles. The number of urea groups is 1. The maximum Gasteiger partial charge on any atom is 0.573 e. The zero-order valence-corrected chi connectivity index (χ0v) is 21.2. The number of hydrogen-bond donors (Lipinski definition) is 2. The van der Waals surface area contributed by atoms with E-state index in [1.807, 2.05) is 11.4 Å². The maximum atomic E-state index is 12.6. The second-order valence-corrected chi connectivity index (χ2v) is 9.89. The average molecular weight is 530 g/mol. The van der Waals surface area contributed by atoms with Gasteiger partial charge in [0.1, 0.15) is 12.1 Å². The Balaban J connectivity index is 1.37. The lowest BCUT2D eigenvalue weighted by molar-refractivity contribution is -0.274. The second kappa shape index (κ2) is 11.0. The molecule has 1 atom stereocenters. The van der Waals surface area contributed by atoms with E-state index in [2.05, 4.69) is 46.2 Å². The van der Waals surface area contributed by atoms with Gasteiger partial charge in [-0.3, -0.25) is 0 Å². The molecule has 4 rings (SSSR count). The predicted octanol–water partition coefficient (Wildman–Crippen LogP) is 7.69. The van der Waals surface area contributed by atoms with Gasteiger partial charge in [0.15, 0.2) is 5.82 Å². The van der Waals surface area contributed by atoms with Gasteiger partial charge >= 0.3 is 12.4 Å². The Morgan fingerprint density at radius 1 is 1.03 bits per heavy atom. The van der Waals surface area contributed by atoms with Crippen molar-refractivity contribution in [2.45, 2.75) is 39.5 Å². The molecular weight excluding hydrogens is 503 g/mol. The van der Waals surface area contributed by atoms with Crippen LogP contribution in [0.5, 0.6) is 5.75 Å². The number of ether oxygens (including phenoxy) is 1. The summed E-state index contributed by atoms with van der Waals surface area (Å²) in [7, 11) is 0. The van der Waals surface area contributed by atoms with E-state index in [9.17, 15) is 18.0 Å². The highest BCUT2D eigenvalue weighted by Gasteiger charge is 2.31. The normalized spacial score (nSPS) is 12.4. The van der Waals surface area contributed by atoms with Gasteiger partial charge in [0.2, 0.25) is 0 Å². The Labute approximate surface area is 216 Å². The first-order valence-electron chi connectivity index (χ1n) is 11.6. The van der Waals surface area contributed by atoms with Crippen molar-refractivity contribution in [3.63, 3.8) is 0 Å². The highest BCUT2D eigenvalue weighted by molar-refractivity contribution is 7.10. The highest BCUT2D eigenvalue weighted by Crippen LogP contribution is 2.34. The number of nitrogens with one attached hydrogen (secondary N) is 2. The van der Waals surface area contributed by atoms with Gasteiger partial charge in [0.25, 0.3) is 0 Å². The van der Waals surface area contributed by atoms with Crippen molar-refractivity contribution >= 4 is 28.7 Å². The Bertz CT molecular complexity index is 1330. The summed E-state index contributed by atoms with van der Waals surface area (Å²) in [4.78, 5) is 18.0. The predicted molar refractivity (Wildman–Crippen MR) is 138 cm³/mol. The number of aromatic nitrogens is 3. The van der Waals surface area contributed by atoms with Crippen molar-refractivity contribution in [2.75, 3.05) is 10.6 Å². The van der Waals surface area contributed by atoms with Crippen LogP contribution in [0.1, 0.15) is 38.0 Å². The molecule has 0 aliphatic rings. The van der Waals surface area contributed by atoms with Crippen LogP contribution in [0.4, 0.5) is 29.3 Å². The molecule has 0 spiro atoms. The van der Waals surface area contributed by atoms with Crippen molar-refractivity contribution in [1.29, 1.82) is 0 Å². The summed E-state index contributed by atoms with van der Waals surface area (Å²) in [5.74, 6) is 1.03. The first kappa shape index (κ1) is 26.2. The van der Waals surface area contributed by atoms with Gasteiger partial charge in [0.05, 0.1) is 11.4 Å². The van der Waals surface area contributed by atoms with E-state index in [1.54, 1.807) is 35.6 Å². The maximum absolute atomic E-state index is 12.6. The first-order chi connectivity index (χ1) is 17.6. The topological polar surface area (TPSA) is 81.1 Å². The summed E-state index contributed by atoms with van der Waals surface area (Å²) in [6, 6.07) is 13.9. The number of rotatable bonds is 8. The fourth-order valence-electron chi connectivity index (χ4n) is 3.93. The standard InChI is InChI=1S/C26H26F3N5O2S/c1-16(2)14-17(3)23-22(12-13-37-23)32-25(35)31-19-6-4-18(5-7-19)24-30-15-34(33-24)20-8-10-21(11-9-20)36-26(27,28)29/h4-13,15-17H,14H2,1-3H3,(H2,31,32,35). The van der Waals surface area contributed by atoms with Crippen LogP contribution in [0.15, 0.2) is 66.3 Å². The van der Waals surface area contributed by atoms with E-state index in [0.29, 0.717) is 34.6 Å². The molecule has 2 aromatic carbocycles. The number of carbonyl (C=O) groups is 1. The summed E-state index contributed by atoms with van der Waals surface area (Å²) in [5, 5.41) is 12.1. The minimum Gasteiger partial charge on any atom is -0.406 e. The zero-order valence-electron chi connectivity index (χ0n) is 20.4. The molecule has 2 amide bonds. The van der Waals surface area contributed by atoms with Crippen LogP contribution in [0, 0.1) is 5.92 Å². The quantitative estimate of drug-likeness (QED) is 0.245. The lowest BCUT2D eigenvalue weighted by Crippen LogP contribution is -2.20. The Kier molecular flexibility index (Phi) is 7.82. The molecular formula is C26H26F3N5O2S. The molecule has 2 heterocycles. The summed E-state index contributed by atoms with van der Waals surface area (Å²) >= 11 is 1.64. The lowest BCUT2D eigenvalue weighted by Gasteiger charge is -2.15. The lowest BCUT2D eigenvalue weighted by atomic mass is 9.97. The average Bonchev–Trinajstić information content (AvgIpc) is 3.49. The van der Waals surface area contributed by atoms with E-state index < -0.39 is 6.36 Å². The van der Waals surface area contributed by atoms with Gasteiger partial charge in [-0.05, 0) is 78.2 Å². The molecule has 194 valence electrons. The van der Waals surface area contributed by atoms with Crippen molar-refractivity contribution in [3.05, 3.63) is 71.2 Å². The van der Waals surface area contributed by atoms with Crippen LogP contribution in [-0.4, -0.2) is 27.2 Å². The summed E-state index contributed by atoms with van der Waals surface area (Å²) < 4.78 is 42.4. The number of amides is 2.